The van der Waals surface area contributed by atoms with Gasteiger partial charge in [-0.2, -0.15) is 0 Å². The summed E-state index contributed by atoms with van der Waals surface area (Å²) < 4.78 is 0. The Hall–Kier alpha value is -0.600. The van der Waals surface area contributed by atoms with Crippen LogP contribution in [0.5, 0.6) is 0 Å². The normalized spacial score (nSPS) is 15.4. The topological polar surface area (TPSA) is 0 Å². The molecule has 28 heavy (non-hydrogen) atoms. The largest absolute Gasteiger partial charge is 0.0842 e. The average molecular weight is 491 g/mol. The van der Waals surface area contributed by atoms with Gasteiger partial charge in [-0.25, -0.2) is 0 Å². The van der Waals surface area contributed by atoms with E-state index in [1.807, 2.05) is 12.1 Å². The lowest BCUT2D eigenvalue weighted by molar-refractivity contribution is 0.498. The standard InChI is InChI=1S/C22H14Cl6/c23-13-8-16(25)20(17(26)9-13)22(21-18(27)10-14(24)11-19(21)28)7-3-5-12-4-1-2-6-15(12)22/h1-2,4,6,8-11H,3,5,7H2. The van der Waals surface area contributed by atoms with E-state index in [0.29, 0.717) is 30.1 Å². The molecule has 0 saturated heterocycles. The molecule has 3 aromatic rings. The molecule has 0 spiro atoms. The number of fused-ring (bicyclic) bond motifs is 1. The molecular weight excluding hydrogens is 477 g/mol. The number of benzene rings is 3. The second kappa shape index (κ2) is 7.91. The number of rotatable bonds is 2. The van der Waals surface area contributed by atoms with E-state index in [1.165, 1.54) is 5.56 Å². The van der Waals surface area contributed by atoms with Crippen molar-refractivity contribution >= 4 is 69.6 Å². The summed E-state index contributed by atoms with van der Waals surface area (Å²) in [6.45, 7) is 0. The number of aryl methyl sites for hydroxylation is 1. The Morgan fingerprint density at radius 3 is 1.61 bits per heavy atom. The highest BCUT2D eigenvalue weighted by Crippen LogP contribution is 2.55. The van der Waals surface area contributed by atoms with Gasteiger partial charge >= 0.3 is 0 Å². The maximum absolute atomic E-state index is 6.73. The lowest BCUT2D eigenvalue weighted by Crippen LogP contribution is -2.35. The third-order valence-corrected chi connectivity index (χ3v) is 6.97. The van der Waals surface area contributed by atoms with Crippen molar-refractivity contribution in [2.75, 3.05) is 0 Å². The zero-order chi connectivity index (χ0) is 20.1. The van der Waals surface area contributed by atoms with E-state index in [9.17, 15) is 0 Å². The minimum Gasteiger partial charge on any atom is -0.0842 e. The Morgan fingerprint density at radius 2 is 1.11 bits per heavy atom. The van der Waals surface area contributed by atoms with Gasteiger partial charge in [-0.05, 0) is 54.7 Å². The summed E-state index contributed by atoms with van der Waals surface area (Å²) in [5, 5.41) is 2.89. The fraction of sp³-hybridized carbons (Fsp3) is 0.182. The minimum absolute atomic E-state index is 0.478. The van der Waals surface area contributed by atoms with Gasteiger partial charge in [-0.15, -0.1) is 0 Å². The first kappa shape index (κ1) is 20.7. The molecule has 6 heteroatoms. The van der Waals surface area contributed by atoms with Crippen LogP contribution < -0.4 is 0 Å². The van der Waals surface area contributed by atoms with E-state index < -0.39 is 5.41 Å². The highest BCUT2D eigenvalue weighted by Gasteiger charge is 2.45. The van der Waals surface area contributed by atoms with Crippen LogP contribution in [0.1, 0.15) is 35.1 Å². The number of hydrogen-bond acceptors (Lipinski definition) is 0. The van der Waals surface area contributed by atoms with Gasteiger partial charge in [-0.3, -0.25) is 0 Å². The van der Waals surface area contributed by atoms with E-state index in [1.54, 1.807) is 24.3 Å². The highest BCUT2D eigenvalue weighted by atomic mass is 35.5. The average Bonchev–Trinajstić information content (AvgIpc) is 2.60. The molecule has 0 unspecified atom stereocenters. The van der Waals surface area contributed by atoms with Gasteiger partial charge in [0.2, 0.25) is 0 Å². The van der Waals surface area contributed by atoms with E-state index in [0.717, 1.165) is 36.0 Å². The zero-order valence-corrected chi connectivity index (χ0v) is 19.0. The molecule has 1 aliphatic carbocycles. The third-order valence-electron chi connectivity index (χ3n) is 5.34. The van der Waals surface area contributed by atoms with Gasteiger partial charge in [0.15, 0.2) is 0 Å². The first-order valence-corrected chi connectivity index (χ1v) is 11.0. The molecule has 0 aliphatic heterocycles. The second-order valence-electron chi connectivity index (χ2n) is 6.90. The van der Waals surface area contributed by atoms with E-state index in [4.69, 9.17) is 69.6 Å². The summed E-state index contributed by atoms with van der Waals surface area (Å²) in [7, 11) is 0. The van der Waals surface area contributed by atoms with Gasteiger partial charge in [0.1, 0.15) is 0 Å². The van der Waals surface area contributed by atoms with Crippen LogP contribution in [-0.4, -0.2) is 0 Å². The van der Waals surface area contributed by atoms with Crippen molar-refractivity contribution in [1.29, 1.82) is 0 Å². The van der Waals surface area contributed by atoms with Crippen LogP contribution in [0.15, 0.2) is 48.5 Å². The Morgan fingerprint density at radius 1 is 0.643 bits per heavy atom. The van der Waals surface area contributed by atoms with Gasteiger partial charge in [0, 0.05) is 41.3 Å². The number of hydrogen-bond donors (Lipinski definition) is 0. The lowest BCUT2D eigenvalue weighted by Gasteiger charge is -2.42. The molecule has 4 rings (SSSR count). The van der Waals surface area contributed by atoms with Crippen molar-refractivity contribution in [3.05, 3.63) is 101 Å². The first-order chi connectivity index (χ1) is 13.3. The van der Waals surface area contributed by atoms with Crippen LogP contribution in [0.25, 0.3) is 0 Å². The summed E-state index contributed by atoms with van der Waals surface area (Å²) in [5.74, 6) is 0. The molecule has 0 radical (unpaired) electrons. The summed E-state index contributed by atoms with van der Waals surface area (Å²) in [6, 6.07) is 15.1. The van der Waals surface area contributed by atoms with Crippen molar-refractivity contribution < 1.29 is 0 Å². The number of halogens is 6. The molecule has 0 saturated carbocycles. The Bertz CT molecular complexity index is 969. The molecule has 0 aromatic heterocycles. The van der Waals surface area contributed by atoms with Gasteiger partial charge in [0.25, 0.3) is 0 Å². The van der Waals surface area contributed by atoms with Gasteiger partial charge in [0.05, 0.1) is 5.41 Å². The minimum atomic E-state index is -0.702. The molecule has 0 nitrogen and oxygen atoms in total. The van der Waals surface area contributed by atoms with Gasteiger partial charge in [-0.1, -0.05) is 93.9 Å². The first-order valence-electron chi connectivity index (χ1n) is 8.73. The lowest BCUT2D eigenvalue weighted by atomic mass is 9.62. The molecule has 0 bridgehead atoms. The fourth-order valence-corrected chi connectivity index (χ4v) is 6.66. The Labute approximate surface area is 194 Å². The molecule has 3 aromatic carbocycles. The maximum Gasteiger partial charge on any atom is 0.0513 e. The molecule has 1 aliphatic rings. The zero-order valence-electron chi connectivity index (χ0n) is 14.5. The molecule has 144 valence electrons. The van der Waals surface area contributed by atoms with Crippen molar-refractivity contribution in [2.45, 2.75) is 24.7 Å². The molecule has 0 N–H and O–H groups in total. The van der Waals surface area contributed by atoms with Crippen LogP contribution >= 0.6 is 69.6 Å². The van der Waals surface area contributed by atoms with Crippen LogP contribution in [0.4, 0.5) is 0 Å². The van der Waals surface area contributed by atoms with Gasteiger partial charge < -0.3 is 0 Å². The summed E-state index contributed by atoms with van der Waals surface area (Å²) >= 11 is 39.3. The Balaban J connectivity index is 2.18. The fourth-order valence-electron chi connectivity index (χ4n) is 4.38. The summed E-state index contributed by atoms with van der Waals surface area (Å²) in [4.78, 5) is 0. The predicted molar refractivity (Wildman–Crippen MR) is 122 cm³/mol. The summed E-state index contributed by atoms with van der Waals surface area (Å²) in [5.41, 5.74) is 3.14. The molecule has 0 fully saturated rings. The van der Waals surface area contributed by atoms with Crippen molar-refractivity contribution in [1.82, 2.24) is 0 Å². The SMILES string of the molecule is Clc1cc(Cl)c(C2(c3c(Cl)cc(Cl)cc3Cl)CCCc3ccccc32)c(Cl)c1. The van der Waals surface area contributed by atoms with Crippen LogP contribution in [-0.2, 0) is 11.8 Å². The van der Waals surface area contributed by atoms with E-state index in [-0.39, 0.29) is 0 Å². The highest BCUT2D eigenvalue weighted by molar-refractivity contribution is 6.41. The van der Waals surface area contributed by atoms with Crippen LogP contribution in [0.3, 0.4) is 0 Å². The van der Waals surface area contributed by atoms with Crippen LogP contribution in [0, 0.1) is 0 Å². The predicted octanol–water partition coefficient (Wildman–Crippen LogP) is 9.28. The maximum atomic E-state index is 6.73. The third kappa shape index (κ3) is 3.33. The Kier molecular flexibility index (Phi) is 5.84. The molecule has 0 atom stereocenters. The van der Waals surface area contributed by atoms with Crippen LogP contribution in [0.2, 0.25) is 30.1 Å². The molecular formula is C22H14Cl6. The van der Waals surface area contributed by atoms with E-state index >= 15 is 0 Å². The molecule has 0 heterocycles. The van der Waals surface area contributed by atoms with E-state index in [2.05, 4.69) is 12.1 Å². The van der Waals surface area contributed by atoms with Crippen molar-refractivity contribution in [3.8, 4) is 0 Å². The second-order valence-corrected chi connectivity index (χ2v) is 9.41. The monoisotopic (exact) mass is 488 g/mol. The quantitative estimate of drug-likeness (QED) is 0.335. The van der Waals surface area contributed by atoms with Crippen molar-refractivity contribution in [2.24, 2.45) is 0 Å². The molecule has 0 amide bonds. The smallest absolute Gasteiger partial charge is 0.0513 e. The summed E-state index contributed by atoms with van der Waals surface area (Å²) in [6.07, 6.45) is 2.65. The van der Waals surface area contributed by atoms with Crippen molar-refractivity contribution in [3.63, 3.8) is 0 Å².